The average Bonchev–Trinajstić information content (AvgIpc) is 2.55. The number of nitrogens with one attached hydrogen (secondary N) is 2. The van der Waals surface area contributed by atoms with Gasteiger partial charge in [-0.05, 0) is 11.5 Å². The SMILES string of the molecule is CC[C@@H](C)[C@@H](NC(=O)OCc1ccccc1)C(=O)NCC(=O)O. The highest BCUT2D eigenvalue weighted by atomic mass is 16.5. The van der Waals surface area contributed by atoms with Crippen LogP contribution in [0.2, 0.25) is 0 Å². The van der Waals surface area contributed by atoms with Crippen molar-refractivity contribution in [3.8, 4) is 0 Å². The summed E-state index contributed by atoms with van der Waals surface area (Å²) in [5, 5.41) is 13.4. The Labute approximate surface area is 135 Å². The third-order valence-electron chi connectivity index (χ3n) is 3.40. The lowest BCUT2D eigenvalue weighted by atomic mass is 9.98. The molecule has 7 nitrogen and oxygen atoms in total. The zero-order chi connectivity index (χ0) is 17.2. The lowest BCUT2D eigenvalue weighted by Gasteiger charge is -2.22. The van der Waals surface area contributed by atoms with Crippen molar-refractivity contribution >= 4 is 18.0 Å². The second kappa shape index (κ2) is 9.45. The maximum Gasteiger partial charge on any atom is 0.408 e. The molecule has 1 rings (SSSR count). The lowest BCUT2D eigenvalue weighted by molar-refractivity contribution is -0.138. The molecule has 0 aromatic heterocycles. The minimum atomic E-state index is -1.15. The molecule has 2 amide bonds. The Morgan fingerprint density at radius 3 is 2.43 bits per heavy atom. The van der Waals surface area contributed by atoms with Crippen LogP contribution in [0.15, 0.2) is 30.3 Å². The maximum absolute atomic E-state index is 12.0. The molecule has 0 aliphatic heterocycles. The maximum atomic E-state index is 12.0. The van der Waals surface area contributed by atoms with Gasteiger partial charge in [0.1, 0.15) is 19.2 Å². The van der Waals surface area contributed by atoms with Crippen LogP contribution in [-0.2, 0) is 20.9 Å². The third kappa shape index (κ3) is 6.82. The van der Waals surface area contributed by atoms with Crippen molar-refractivity contribution in [1.29, 1.82) is 0 Å². The number of benzene rings is 1. The zero-order valence-corrected chi connectivity index (χ0v) is 13.2. The van der Waals surface area contributed by atoms with Crippen LogP contribution in [0.1, 0.15) is 25.8 Å². The smallest absolute Gasteiger partial charge is 0.408 e. The van der Waals surface area contributed by atoms with E-state index in [1.54, 1.807) is 6.92 Å². The molecule has 0 spiro atoms. The van der Waals surface area contributed by atoms with E-state index in [1.807, 2.05) is 37.3 Å². The minimum Gasteiger partial charge on any atom is -0.480 e. The van der Waals surface area contributed by atoms with Crippen molar-refractivity contribution < 1.29 is 24.2 Å². The van der Waals surface area contributed by atoms with Crippen LogP contribution < -0.4 is 10.6 Å². The summed E-state index contributed by atoms with van der Waals surface area (Å²) >= 11 is 0. The predicted molar refractivity (Wildman–Crippen MR) is 83.7 cm³/mol. The number of ether oxygens (including phenoxy) is 1. The van der Waals surface area contributed by atoms with E-state index in [4.69, 9.17) is 9.84 Å². The van der Waals surface area contributed by atoms with Crippen molar-refractivity contribution in [1.82, 2.24) is 10.6 Å². The quantitative estimate of drug-likeness (QED) is 0.673. The topological polar surface area (TPSA) is 105 Å². The van der Waals surface area contributed by atoms with Crippen LogP contribution in [0.25, 0.3) is 0 Å². The van der Waals surface area contributed by atoms with Crippen LogP contribution in [0, 0.1) is 5.92 Å². The molecule has 2 atom stereocenters. The Balaban J connectivity index is 2.56. The highest BCUT2D eigenvalue weighted by Gasteiger charge is 2.26. The molecule has 0 saturated heterocycles. The summed E-state index contributed by atoms with van der Waals surface area (Å²) in [7, 11) is 0. The second-order valence-corrected chi connectivity index (χ2v) is 5.18. The van der Waals surface area contributed by atoms with Crippen LogP contribution in [0.4, 0.5) is 4.79 Å². The van der Waals surface area contributed by atoms with Gasteiger partial charge >= 0.3 is 12.1 Å². The van der Waals surface area contributed by atoms with E-state index in [0.717, 1.165) is 5.56 Å². The van der Waals surface area contributed by atoms with Crippen molar-refractivity contribution in [2.24, 2.45) is 5.92 Å². The first-order valence-electron chi connectivity index (χ1n) is 7.40. The first-order valence-corrected chi connectivity index (χ1v) is 7.40. The van der Waals surface area contributed by atoms with Gasteiger partial charge in [-0.1, -0.05) is 50.6 Å². The molecule has 0 aliphatic carbocycles. The summed E-state index contributed by atoms with van der Waals surface area (Å²) in [5.41, 5.74) is 0.832. The number of carboxylic acids is 1. The normalized spacial score (nSPS) is 12.8. The number of alkyl carbamates (subject to hydrolysis) is 1. The Morgan fingerprint density at radius 2 is 1.87 bits per heavy atom. The van der Waals surface area contributed by atoms with Gasteiger partial charge in [0.15, 0.2) is 0 Å². The number of hydrogen-bond donors (Lipinski definition) is 3. The molecule has 0 aliphatic rings. The number of hydrogen-bond acceptors (Lipinski definition) is 4. The van der Waals surface area contributed by atoms with Gasteiger partial charge in [-0.3, -0.25) is 9.59 Å². The van der Waals surface area contributed by atoms with E-state index in [-0.39, 0.29) is 12.5 Å². The van der Waals surface area contributed by atoms with Crippen molar-refractivity contribution in [3.05, 3.63) is 35.9 Å². The van der Waals surface area contributed by atoms with Crippen molar-refractivity contribution in [2.75, 3.05) is 6.54 Å². The highest BCUT2D eigenvalue weighted by molar-refractivity contribution is 5.88. The number of carboxylic acid groups (broad SMARTS) is 1. The molecule has 7 heteroatoms. The average molecular weight is 322 g/mol. The van der Waals surface area contributed by atoms with E-state index in [1.165, 1.54) is 0 Å². The van der Waals surface area contributed by atoms with Crippen molar-refractivity contribution in [2.45, 2.75) is 32.9 Å². The molecule has 0 fully saturated rings. The minimum absolute atomic E-state index is 0.0939. The summed E-state index contributed by atoms with van der Waals surface area (Å²) in [6.45, 7) is 3.27. The predicted octanol–water partition coefficient (Wildman–Crippen LogP) is 1.53. The van der Waals surface area contributed by atoms with Crippen LogP contribution in [0.5, 0.6) is 0 Å². The van der Waals surface area contributed by atoms with Gasteiger partial charge in [0.25, 0.3) is 0 Å². The fourth-order valence-electron chi connectivity index (χ4n) is 1.87. The largest absolute Gasteiger partial charge is 0.480 e. The summed E-state index contributed by atoms with van der Waals surface area (Å²) in [5.74, 6) is -1.85. The molecule has 23 heavy (non-hydrogen) atoms. The highest BCUT2D eigenvalue weighted by Crippen LogP contribution is 2.09. The molecule has 3 N–H and O–H groups in total. The molecule has 0 bridgehead atoms. The van der Waals surface area contributed by atoms with Gasteiger partial charge in [0, 0.05) is 0 Å². The van der Waals surface area contributed by atoms with Crippen molar-refractivity contribution in [3.63, 3.8) is 0 Å². The Morgan fingerprint density at radius 1 is 1.22 bits per heavy atom. The van der Waals surface area contributed by atoms with Crippen LogP contribution in [-0.4, -0.2) is 35.7 Å². The zero-order valence-electron chi connectivity index (χ0n) is 13.2. The molecule has 0 heterocycles. The summed E-state index contributed by atoms with van der Waals surface area (Å²) in [6.07, 6.45) is -0.0750. The van der Waals surface area contributed by atoms with E-state index >= 15 is 0 Å². The Hall–Kier alpha value is -2.57. The monoisotopic (exact) mass is 322 g/mol. The lowest BCUT2D eigenvalue weighted by Crippen LogP contribution is -2.51. The number of rotatable bonds is 8. The number of carbonyl (C=O) groups excluding carboxylic acids is 2. The molecule has 0 radical (unpaired) electrons. The Kier molecular flexibility index (Phi) is 7.59. The number of aliphatic carboxylic acids is 1. The summed E-state index contributed by atoms with van der Waals surface area (Å²) in [6, 6.07) is 8.31. The molecule has 0 unspecified atom stereocenters. The summed E-state index contributed by atoms with van der Waals surface area (Å²) in [4.78, 5) is 34.4. The first-order chi connectivity index (χ1) is 10.9. The van der Waals surface area contributed by atoms with Crippen LogP contribution >= 0.6 is 0 Å². The molecule has 1 aromatic carbocycles. The van der Waals surface area contributed by atoms with E-state index in [0.29, 0.717) is 6.42 Å². The van der Waals surface area contributed by atoms with E-state index in [9.17, 15) is 14.4 Å². The van der Waals surface area contributed by atoms with Gasteiger partial charge in [0.05, 0.1) is 0 Å². The molecule has 126 valence electrons. The standard InChI is InChI=1S/C16H22N2O5/c1-3-11(2)14(15(21)17-9-13(19)20)18-16(22)23-10-12-7-5-4-6-8-12/h4-8,11,14H,3,9-10H2,1-2H3,(H,17,21)(H,18,22)(H,19,20)/t11-,14-/m1/s1. The number of amides is 2. The molecule has 1 aromatic rings. The van der Waals surface area contributed by atoms with Gasteiger partial charge in [-0.2, -0.15) is 0 Å². The first kappa shape index (κ1) is 18.5. The van der Waals surface area contributed by atoms with Crippen LogP contribution in [0.3, 0.4) is 0 Å². The van der Waals surface area contributed by atoms with E-state index < -0.39 is 30.6 Å². The summed E-state index contributed by atoms with van der Waals surface area (Å²) < 4.78 is 5.08. The fraction of sp³-hybridized carbons (Fsp3) is 0.438. The Bertz CT molecular complexity index is 533. The van der Waals surface area contributed by atoms with Gasteiger partial charge < -0.3 is 20.5 Å². The van der Waals surface area contributed by atoms with Gasteiger partial charge in [-0.25, -0.2) is 4.79 Å². The van der Waals surface area contributed by atoms with Gasteiger partial charge in [0.2, 0.25) is 5.91 Å². The molecule has 0 saturated carbocycles. The second-order valence-electron chi connectivity index (χ2n) is 5.18. The van der Waals surface area contributed by atoms with Gasteiger partial charge in [-0.15, -0.1) is 0 Å². The number of carbonyl (C=O) groups is 3. The fourth-order valence-corrected chi connectivity index (χ4v) is 1.87. The molecular formula is C16H22N2O5. The van der Waals surface area contributed by atoms with E-state index in [2.05, 4.69) is 10.6 Å². The third-order valence-corrected chi connectivity index (χ3v) is 3.40. The molecular weight excluding hydrogens is 300 g/mol.